The normalized spacial score (nSPS) is 9.86. The Morgan fingerprint density at radius 3 is 0.976 bits per heavy atom. The van der Waals surface area contributed by atoms with Crippen molar-refractivity contribution in [2.45, 2.75) is 27.7 Å². The molecule has 0 fully saturated rings. The van der Waals surface area contributed by atoms with Crippen LogP contribution in [0.1, 0.15) is 27.7 Å². The number of nitrogens with one attached hydrogen (secondary N) is 4. The summed E-state index contributed by atoms with van der Waals surface area (Å²) in [5.74, 6) is -1.51. The van der Waals surface area contributed by atoms with Crippen LogP contribution in [0.15, 0.2) is 0 Å². The Morgan fingerprint density at radius 1 is 0.500 bits per heavy atom. The monoisotopic (exact) mass is 674 g/mol. The van der Waals surface area contributed by atoms with Crippen LogP contribution in [-0.2, 0) is 38.4 Å². The van der Waals surface area contributed by atoms with E-state index >= 15 is 0 Å². The number of nitrogens with zero attached hydrogens (tertiary/aromatic N) is 2. The molecule has 14 nitrogen and oxygen atoms in total. The molecule has 0 spiro atoms. The molecule has 0 aromatic heterocycles. The van der Waals surface area contributed by atoms with Crippen molar-refractivity contribution in [1.29, 1.82) is 0 Å². The molecule has 0 aliphatic carbocycles. The van der Waals surface area contributed by atoms with Crippen LogP contribution in [0.25, 0.3) is 0 Å². The molecule has 0 aromatic rings. The predicted molar refractivity (Wildman–Crippen MR) is 164 cm³/mol. The lowest BCUT2D eigenvalue weighted by molar-refractivity contribution is -0.130. The first kappa shape index (κ1) is 41.6. The molecule has 0 heterocycles. The number of amides is 6. The highest BCUT2D eigenvalue weighted by molar-refractivity contribution is 8.14. The summed E-state index contributed by atoms with van der Waals surface area (Å²) in [5, 5.41) is 10.1. The number of halogens is 2. The maximum atomic E-state index is 11.5. The smallest absolute Gasteiger partial charge is 0.234 e. The van der Waals surface area contributed by atoms with E-state index in [9.17, 15) is 38.4 Å². The molecule has 0 aliphatic heterocycles. The standard InChI is InChI=1S/C14H23N3O5S2.C10H17Cl2N3O3/c1-10(18)17(6-4-15-13(21)8-23-11(2)19)7-5-16-14(22)9-24-12(3)20;1-8(16)15(4-2-13-9(17)6-11)5-3-14-10(18)7-12/h4-9H2,1-3H3,(H,15,21)(H,16,22);2-7H2,1H3,(H,13,17)(H,14,18). The molecular weight excluding hydrogens is 635 g/mol. The number of hydrogen-bond donors (Lipinski definition) is 4. The third-order valence-corrected chi connectivity index (χ3v) is 6.87. The fraction of sp³-hybridized carbons (Fsp3) is 0.667. The molecule has 0 bridgehead atoms. The van der Waals surface area contributed by atoms with Gasteiger partial charge in [-0.25, -0.2) is 0 Å². The van der Waals surface area contributed by atoms with Crippen LogP contribution in [0.2, 0.25) is 0 Å². The average molecular weight is 676 g/mol. The quantitative estimate of drug-likeness (QED) is 0.134. The minimum absolute atomic E-state index is 0.0548. The first-order valence-corrected chi connectivity index (χ1v) is 15.7. The van der Waals surface area contributed by atoms with Crippen molar-refractivity contribution in [3.8, 4) is 0 Å². The zero-order valence-corrected chi connectivity index (χ0v) is 27.4. The Morgan fingerprint density at radius 2 is 0.762 bits per heavy atom. The van der Waals surface area contributed by atoms with E-state index in [1.165, 1.54) is 37.5 Å². The molecule has 0 atom stereocenters. The summed E-state index contributed by atoms with van der Waals surface area (Å²) < 4.78 is 0. The topological polar surface area (TPSA) is 191 Å². The summed E-state index contributed by atoms with van der Waals surface area (Å²) in [7, 11) is 0. The summed E-state index contributed by atoms with van der Waals surface area (Å²) in [6.07, 6.45) is 0. The second-order valence-corrected chi connectivity index (χ2v) is 11.1. The van der Waals surface area contributed by atoms with E-state index in [4.69, 9.17) is 23.2 Å². The molecule has 42 heavy (non-hydrogen) atoms. The van der Waals surface area contributed by atoms with Gasteiger partial charge < -0.3 is 31.1 Å². The van der Waals surface area contributed by atoms with Gasteiger partial charge in [0.2, 0.25) is 35.4 Å². The van der Waals surface area contributed by atoms with E-state index in [0.717, 1.165) is 23.5 Å². The fourth-order valence-corrected chi connectivity index (χ4v) is 3.77. The van der Waals surface area contributed by atoms with E-state index in [2.05, 4.69) is 21.3 Å². The van der Waals surface area contributed by atoms with Crippen molar-refractivity contribution in [3.05, 3.63) is 0 Å². The number of hydrogen-bond acceptors (Lipinski definition) is 10. The van der Waals surface area contributed by atoms with Gasteiger partial charge in [-0.15, -0.1) is 23.2 Å². The third kappa shape index (κ3) is 26.3. The van der Waals surface area contributed by atoms with Crippen LogP contribution in [0.5, 0.6) is 0 Å². The van der Waals surface area contributed by atoms with E-state index in [1.807, 2.05) is 0 Å². The number of carbonyl (C=O) groups excluding carboxylic acids is 8. The second kappa shape index (κ2) is 26.1. The largest absolute Gasteiger partial charge is 0.354 e. The van der Waals surface area contributed by atoms with E-state index in [-0.39, 0.29) is 82.0 Å². The highest BCUT2D eigenvalue weighted by Gasteiger charge is 2.11. The Bertz CT molecular complexity index is 871. The van der Waals surface area contributed by atoms with Gasteiger partial charge in [-0.3, -0.25) is 38.4 Å². The molecule has 0 aromatic carbocycles. The first-order chi connectivity index (χ1) is 19.7. The molecule has 0 rings (SSSR count). The molecule has 0 radical (unpaired) electrons. The molecule has 0 saturated heterocycles. The van der Waals surface area contributed by atoms with Crippen molar-refractivity contribution in [3.63, 3.8) is 0 Å². The molecule has 0 saturated carbocycles. The number of alkyl halides is 2. The lowest BCUT2D eigenvalue weighted by atomic mass is 10.4. The van der Waals surface area contributed by atoms with Crippen molar-refractivity contribution < 1.29 is 38.4 Å². The lowest BCUT2D eigenvalue weighted by Gasteiger charge is -2.21. The predicted octanol–water partition coefficient (Wildman–Crippen LogP) is -0.828. The highest BCUT2D eigenvalue weighted by atomic mass is 35.5. The van der Waals surface area contributed by atoms with Crippen LogP contribution in [-0.4, -0.2) is 131 Å². The summed E-state index contributed by atoms with van der Waals surface area (Å²) in [4.78, 5) is 92.0. The van der Waals surface area contributed by atoms with Crippen LogP contribution in [0.3, 0.4) is 0 Å². The zero-order valence-electron chi connectivity index (χ0n) is 24.2. The summed E-state index contributed by atoms with van der Waals surface area (Å²) >= 11 is 12.5. The molecule has 240 valence electrons. The van der Waals surface area contributed by atoms with Gasteiger partial charge in [0.05, 0.1) is 11.5 Å². The average Bonchev–Trinajstić information content (AvgIpc) is 2.92. The molecule has 6 amide bonds. The van der Waals surface area contributed by atoms with Crippen molar-refractivity contribution in [2.75, 3.05) is 75.6 Å². The van der Waals surface area contributed by atoms with Crippen molar-refractivity contribution >= 4 is 92.4 Å². The van der Waals surface area contributed by atoms with Gasteiger partial charge in [-0.05, 0) is 0 Å². The van der Waals surface area contributed by atoms with Gasteiger partial charge in [-0.1, -0.05) is 23.5 Å². The minimum Gasteiger partial charge on any atom is -0.354 e. The van der Waals surface area contributed by atoms with Crippen LogP contribution in [0.4, 0.5) is 0 Å². The number of carbonyl (C=O) groups is 8. The lowest BCUT2D eigenvalue weighted by Crippen LogP contribution is -2.42. The summed E-state index contributed by atoms with van der Waals surface area (Å²) in [5.41, 5.74) is 0. The summed E-state index contributed by atoms with van der Waals surface area (Å²) in [6.45, 7) is 8.15. The fourth-order valence-electron chi connectivity index (χ4n) is 2.71. The molecule has 18 heteroatoms. The SMILES string of the molecule is CC(=O)N(CCNC(=O)CCl)CCNC(=O)CCl.CC(=O)SCC(=O)NCCN(CCNC(=O)CSC(C)=O)C(C)=O. The molecule has 4 N–H and O–H groups in total. The van der Waals surface area contributed by atoms with Crippen LogP contribution in [0, 0.1) is 0 Å². The van der Waals surface area contributed by atoms with E-state index < -0.39 is 0 Å². The third-order valence-electron chi connectivity index (χ3n) is 4.76. The Balaban J connectivity index is 0. The first-order valence-electron chi connectivity index (χ1n) is 12.7. The van der Waals surface area contributed by atoms with Crippen molar-refractivity contribution in [2.24, 2.45) is 0 Å². The van der Waals surface area contributed by atoms with Gasteiger partial charge in [0.15, 0.2) is 10.2 Å². The van der Waals surface area contributed by atoms with Gasteiger partial charge >= 0.3 is 0 Å². The van der Waals surface area contributed by atoms with Gasteiger partial charge in [0.25, 0.3) is 0 Å². The number of thioether (sulfide) groups is 2. The zero-order chi connectivity index (χ0) is 32.5. The molecule has 0 unspecified atom stereocenters. The van der Waals surface area contributed by atoms with E-state index in [0.29, 0.717) is 39.3 Å². The number of rotatable bonds is 18. The van der Waals surface area contributed by atoms with Crippen molar-refractivity contribution in [1.82, 2.24) is 31.1 Å². The minimum atomic E-state index is -0.282. The highest BCUT2D eigenvalue weighted by Crippen LogP contribution is 2.00. The van der Waals surface area contributed by atoms with Gasteiger partial charge in [0, 0.05) is 80.1 Å². The maximum absolute atomic E-state index is 11.5. The Labute approximate surface area is 264 Å². The Kier molecular flexibility index (Phi) is 25.8. The van der Waals surface area contributed by atoms with Crippen LogP contribution >= 0.6 is 46.7 Å². The molecular formula is C24H40Cl2N6O8S2. The molecule has 0 aliphatic rings. The summed E-state index contributed by atoms with van der Waals surface area (Å²) in [6, 6.07) is 0. The van der Waals surface area contributed by atoms with Gasteiger partial charge in [-0.2, -0.15) is 0 Å². The second-order valence-electron chi connectivity index (χ2n) is 8.24. The maximum Gasteiger partial charge on any atom is 0.234 e. The van der Waals surface area contributed by atoms with E-state index in [1.54, 1.807) is 0 Å². The van der Waals surface area contributed by atoms with Crippen LogP contribution < -0.4 is 21.3 Å². The Hall–Kier alpha value is -2.56. The van der Waals surface area contributed by atoms with Gasteiger partial charge in [0.1, 0.15) is 11.8 Å².